The van der Waals surface area contributed by atoms with Gasteiger partial charge in [-0.2, -0.15) is 0 Å². The molecule has 0 bridgehead atoms. The number of azide groups is 1. The number of amides is 1. The van der Waals surface area contributed by atoms with Crippen LogP contribution in [0.5, 0.6) is 5.75 Å². The molecule has 1 aliphatic heterocycles. The predicted molar refractivity (Wildman–Crippen MR) is 83.2 cm³/mol. The second kappa shape index (κ2) is 7.51. The smallest absolute Gasteiger partial charge is 0.326 e. The fourth-order valence-corrected chi connectivity index (χ4v) is 2.52. The number of hydrogen-bond acceptors (Lipinski definition) is 5. The quantitative estimate of drug-likeness (QED) is 0.359. The Morgan fingerprint density at radius 3 is 2.96 bits per heavy atom. The van der Waals surface area contributed by atoms with Crippen molar-refractivity contribution in [2.24, 2.45) is 5.11 Å². The van der Waals surface area contributed by atoms with E-state index in [1.54, 1.807) is 19.1 Å². The molecule has 0 aliphatic carbocycles. The first kappa shape index (κ1) is 16.6. The summed E-state index contributed by atoms with van der Waals surface area (Å²) < 4.78 is 10.1. The Labute approximate surface area is 133 Å². The molecule has 0 radical (unpaired) electrons. The lowest BCUT2D eigenvalue weighted by atomic mass is 10.1. The van der Waals surface area contributed by atoms with Crippen molar-refractivity contribution in [2.75, 3.05) is 25.2 Å². The van der Waals surface area contributed by atoms with Crippen LogP contribution in [-0.4, -0.2) is 38.2 Å². The molecule has 122 valence electrons. The molecule has 0 fully saturated rings. The molecule has 0 aromatic heterocycles. The molecule has 1 unspecified atom stereocenters. The van der Waals surface area contributed by atoms with Gasteiger partial charge in [-0.15, -0.1) is 0 Å². The van der Waals surface area contributed by atoms with Crippen LogP contribution in [0.15, 0.2) is 23.3 Å². The van der Waals surface area contributed by atoms with Crippen molar-refractivity contribution in [3.05, 3.63) is 34.2 Å². The molecule has 8 heteroatoms. The number of methoxy groups -OCH3 is 1. The maximum atomic E-state index is 12.7. The summed E-state index contributed by atoms with van der Waals surface area (Å²) in [5.74, 6) is -0.355. The lowest BCUT2D eigenvalue weighted by Crippen LogP contribution is -2.41. The van der Waals surface area contributed by atoms with E-state index >= 15 is 0 Å². The third-order valence-corrected chi connectivity index (χ3v) is 3.61. The maximum Gasteiger partial charge on any atom is 0.326 e. The lowest BCUT2D eigenvalue weighted by molar-refractivity contribution is -0.142. The molecule has 0 saturated heterocycles. The molecule has 23 heavy (non-hydrogen) atoms. The SMILES string of the molecule is CCOC(=O)CN1C(=O)C(N=[N+]=[N-])CCc2ccc(OC)cc21. The van der Waals surface area contributed by atoms with Crippen molar-refractivity contribution in [2.45, 2.75) is 25.8 Å². The summed E-state index contributed by atoms with van der Waals surface area (Å²) in [5.41, 5.74) is 10.1. The van der Waals surface area contributed by atoms with Gasteiger partial charge in [-0.3, -0.25) is 9.59 Å². The van der Waals surface area contributed by atoms with Gasteiger partial charge >= 0.3 is 5.97 Å². The molecule has 0 N–H and O–H groups in total. The van der Waals surface area contributed by atoms with Crippen molar-refractivity contribution in [3.8, 4) is 5.75 Å². The summed E-state index contributed by atoms with van der Waals surface area (Å²) in [6.07, 6.45) is 0.954. The van der Waals surface area contributed by atoms with Crippen molar-refractivity contribution >= 4 is 17.6 Å². The monoisotopic (exact) mass is 318 g/mol. The number of rotatable bonds is 5. The van der Waals surface area contributed by atoms with E-state index in [1.165, 1.54) is 12.0 Å². The number of carbonyl (C=O) groups is 2. The van der Waals surface area contributed by atoms with E-state index in [4.69, 9.17) is 15.0 Å². The average molecular weight is 318 g/mol. The van der Waals surface area contributed by atoms with Gasteiger partial charge in [0, 0.05) is 11.0 Å². The van der Waals surface area contributed by atoms with Crippen molar-refractivity contribution in [1.82, 2.24) is 0 Å². The van der Waals surface area contributed by atoms with E-state index in [1.807, 2.05) is 6.07 Å². The van der Waals surface area contributed by atoms with Crippen LogP contribution in [0.1, 0.15) is 18.9 Å². The predicted octanol–water partition coefficient (Wildman–Crippen LogP) is 2.22. The maximum absolute atomic E-state index is 12.7. The van der Waals surface area contributed by atoms with Gasteiger partial charge in [0.25, 0.3) is 0 Å². The third-order valence-electron chi connectivity index (χ3n) is 3.61. The highest BCUT2D eigenvalue weighted by Crippen LogP contribution is 2.31. The molecule has 2 rings (SSSR count). The number of aryl methyl sites for hydroxylation is 1. The first-order valence-corrected chi connectivity index (χ1v) is 7.28. The van der Waals surface area contributed by atoms with Gasteiger partial charge in [-0.1, -0.05) is 11.2 Å². The second-order valence-corrected chi connectivity index (χ2v) is 4.98. The Hall–Kier alpha value is -2.73. The summed E-state index contributed by atoms with van der Waals surface area (Å²) in [6.45, 7) is 1.69. The van der Waals surface area contributed by atoms with Gasteiger partial charge in [0.2, 0.25) is 5.91 Å². The van der Waals surface area contributed by atoms with Crippen LogP contribution in [0.3, 0.4) is 0 Å². The molecular formula is C15H18N4O4. The molecular weight excluding hydrogens is 300 g/mol. The molecule has 1 heterocycles. The fraction of sp³-hybridized carbons (Fsp3) is 0.467. The number of carbonyl (C=O) groups excluding carboxylic acids is 2. The summed E-state index contributed by atoms with van der Waals surface area (Å²) in [4.78, 5) is 28.5. The highest BCUT2D eigenvalue weighted by Gasteiger charge is 2.31. The van der Waals surface area contributed by atoms with Gasteiger partial charge in [-0.05, 0) is 36.9 Å². The lowest BCUT2D eigenvalue weighted by Gasteiger charge is -2.24. The third kappa shape index (κ3) is 3.73. The van der Waals surface area contributed by atoms with E-state index in [9.17, 15) is 9.59 Å². The summed E-state index contributed by atoms with van der Waals surface area (Å²) in [6, 6.07) is 4.50. The van der Waals surface area contributed by atoms with Crippen LogP contribution >= 0.6 is 0 Å². The topological polar surface area (TPSA) is 105 Å². The van der Waals surface area contributed by atoms with Gasteiger partial charge in [-0.25, -0.2) is 0 Å². The number of nitrogens with zero attached hydrogens (tertiary/aromatic N) is 4. The first-order chi connectivity index (χ1) is 11.1. The van der Waals surface area contributed by atoms with Crippen LogP contribution in [0.4, 0.5) is 5.69 Å². The Balaban J connectivity index is 2.44. The second-order valence-electron chi connectivity index (χ2n) is 4.98. The minimum absolute atomic E-state index is 0.228. The summed E-state index contributed by atoms with van der Waals surface area (Å²) >= 11 is 0. The van der Waals surface area contributed by atoms with E-state index in [-0.39, 0.29) is 13.2 Å². The molecule has 8 nitrogen and oxygen atoms in total. The zero-order chi connectivity index (χ0) is 16.8. The Morgan fingerprint density at radius 1 is 1.52 bits per heavy atom. The number of anilines is 1. The normalized spacial score (nSPS) is 16.9. The largest absolute Gasteiger partial charge is 0.497 e. The van der Waals surface area contributed by atoms with Crippen molar-refractivity contribution in [1.29, 1.82) is 0 Å². The van der Waals surface area contributed by atoms with E-state index in [2.05, 4.69) is 10.0 Å². The van der Waals surface area contributed by atoms with Gasteiger partial charge in [0.1, 0.15) is 18.3 Å². The first-order valence-electron chi connectivity index (χ1n) is 7.28. The summed E-state index contributed by atoms with van der Waals surface area (Å²) in [7, 11) is 1.53. The molecule has 1 aliphatic rings. The van der Waals surface area contributed by atoms with Crippen LogP contribution in [-0.2, 0) is 20.7 Å². The van der Waals surface area contributed by atoms with Crippen LogP contribution < -0.4 is 9.64 Å². The summed E-state index contributed by atoms with van der Waals surface area (Å²) in [5, 5.41) is 3.56. The molecule has 1 atom stereocenters. The van der Waals surface area contributed by atoms with Crippen molar-refractivity contribution < 1.29 is 19.1 Å². The highest BCUT2D eigenvalue weighted by atomic mass is 16.5. The highest BCUT2D eigenvalue weighted by molar-refractivity contribution is 6.02. The molecule has 1 aromatic rings. The van der Waals surface area contributed by atoms with E-state index < -0.39 is 17.9 Å². The Bertz CT molecular complexity index is 655. The zero-order valence-electron chi connectivity index (χ0n) is 13.1. The fourth-order valence-electron chi connectivity index (χ4n) is 2.52. The van der Waals surface area contributed by atoms with Gasteiger partial charge < -0.3 is 14.4 Å². The van der Waals surface area contributed by atoms with Crippen LogP contribution in [0.25, 0.3) is 10.4 Å². The molecule has 1 aromatic carbocycles. The average Bonchev–Trinajstić information content (AvgIpc) is 2.67. The number of ether oxygens (including phenoxy) is 2. The van der Waals surface area contributed by atoms with Gasteiger partial charge in [0.05, 0.1) is 19.4 Å². The van der Waals surface area contributed by atoms with E-state index in [0.717, 1.165) is 5.56 Å². The number of benzene rings is 1. The minimum atomic E-state index is -0.840. The Morgan fingerprint density at radius 2 is 2.30 bits per heavy atom. The van der Waals surface area contributed by atoms with Crippen LogP contribution in [0, 0.1) is 0 Å². The van der Waals surface area contributed by atoms with E-state index in [0.29, 0.717) is 24.3 Å². The minimum Gasteiger partial charge on any atom is -0.497 e. The van der Waals surface area contributed by atoms with Gasteiger partial charge in [0.15, 0.2) is 0 Å². The standard InChI is InChI=1S/C15H18N4O4/c1-3-23-14(20)9-19-13-8-11(22-2)6-4-10(13)5-7-12(15(19)21)17-18-16/h4,6,8,12H,3,5,7,9H2,1-2H3. The number of esters is 1. The van der Waals surface area contributed by atoms with Crippen molar-refractivity contribution in [3.63, 3.8) is 0 Å². The molecule has 1 amide bonds. The van der Waals surface area contributed by atoms with Crippen LogP contribution in [0.2, 0.25) is 0 Å². The number of hydrogen-bond donors (Lipinski definition) is 0. The molecule has 0 spiro atoms. The number of fused-ring (bicyclic) bond motifs is 1. The Kier molecular flexibility index (Phi) is 5.43. The zero-order valence-corrected chi connectivity index (χ0v) is 13.1. The molecule has 0 saturated carbocycles.